The predicted octanol–water partition coefficient (Wildman–Crippen LogP) is 2.83. The van der Waals surface area contributed by atoms with Crippen molar-refractivity contribution in [3.63, 3.8) is 0 Å². The van der Waals surface area contributed by atoms with Gasteiger partial charge in [0, 0.05) is 32.3 Å². The van der Waals surface area contributed by atoms with Crippen LogP contribution in [0.25, 0.3) is 0 Å². The summed E-state index contributed by atoms with van der Waals surface area (Å²) in [6, 6.07) is 6.55. The number of benzene rings is 1. The Morgan fingerprint density at radius 1 is 1.38 bits per heavy atom. The van der Waals surface area contributed by atoms with E-state index >= 15 is 0 Å². The first-order valence-electron chi connectivity index (χ1n) is 9.17. The molecule has 4 rings (SSSR count). The van der Waals surface area contributed by atoms with E-state index in [0.29, 0.717) is 23.3 Å². The smallest absolute Gasteiger partial charge is 0.153 e. The highest BCUT2D eigenvalue weighted by molar-refractivity contribution is 5.79. The van der Waals surface area contributed by atoms with Crippen LogP contribution in [0.15, 0.2) is 30.6 Å². The van der Waals surface area contributed by atoms with Gasteiger partial charge in [0.2, 0.25) is 0 Å². The molecule has 6 heteroatoms. The highest BCUT2D eigenvalue weighted by Crippen LogP contribution is 2.42. The minimum atomic E-state index is 0.577. The minimum Gasteiger partial charge on any atom is -0.496 e. The third kappa shape index (κ3) is 4.85. The fraction of sp³-hybridized carbons (Fsp3) is 0.500. The number of carbonyl (C=O) groups excluding carboxylic acids is 1. The summed E-state index contributed by atoms with van der Waals surface area (Å²) in [5, 5.41) is 10.5. The van der Waals surface area contributed by atoms with Crippen LogP contribution >= 0.6 is 0 Å². The number of rotatable bonds is 7. The highest BCUT2D eigenvalue weighted by atomic mass is 16.5. The number of hydrogen-bond acceptors (Lipinski definition) is 5. The number of ether oxygens (including phenoxy) is 1. The van der Waals surface area contributed by atoms with Crippen molar-refractivity contribution >= 4 is 12.0 Å². The highest BCUT2D eigenvalue weighted by Gasteiger charge is 2.39. The molecule has 2 N–H and O–H groups in total. The van der Waals surface area contributed by atoms with Crippen molar-refractivity contribution in [2.75, 3.05) is 26.0 Å². The van der Waals surface area contributed by atoms with Crippen LogP contribution in [-0.2, 0) is 7.05 Å². The van der Waals surface area contributed by atoms with Gasteiger partial charge in [0.25, 0.3) is 0 Å². The minimum absolute atomic E-state index is 0.577. The molecular formula is C20H28N4O2. The lowest BCUT2D eigenvalue weighted by Gasteiger charge is -2.07. The van der Waals surface area contributed by atoms with E-state index in [-0.39, 0.29) is 0 Å². The quantitative estimate of drug-likeness (QED) is 0.747. The van der Waals surface area contributed by atoms with Crippen LogP contribution < -0.4 is 15.4 Å². The van der Waals surface area contributed by atoms with Crippen molar-refractivity contribution in [3.8, 4) is 5.75 Å². The second-order valence-electron chi connectivity index (χ2n) is 7.07. The Balaban J connectivity index is 0.000000206. The van der Waals surface area contributed by atoms with E-state index in [1.807, 2.05) is 32.4 Å². The van der Waals surface area contributed by atoms with Gasteiger partial charge in [-0.05, 0) is 49.4 Å². The maximum absolute atomic E-state index is 11.0. The zero-order chi connectivity index (χ0) is 18.5. The molecule has 0 radical (unpaired) electrons. The molecule has 2 unspecified atom stereocenters. The molecule has 2 aliphatic rings. The largest absolute Gasteiger partial charge is 0.496 e. The van der Waals surface area contributed by atoms with Crippen LogP contribution in [0.4, 0.5) is 5.69 Å². The molecule has 26 heavy (non-hydrogen) atoms. The monoisotopic (exact) mass is 356 g/mol. The summed E-state index contributed by atoms with van der Waals surface area (Å²) in [5.41, 5.74) is 2.96. The third-order valence-corrected chi connectivity index (χ3v) is 4.96. The fourth-order valence-electron chi connectivity index (χ4n) is 3.05. The van der Waals surface area contributed by atoms with Gasteiger partial charge >= 0.3 is 0 Å². The Hall–Kier alpha value is -2.34. The summed E-state index contributed by atoms with van der Waals surface area (Å²) in [4.78, 5) is 11.0. The molecule has 2 aliphatic carbocycles. The van der Waals surface area contributed by atoms with Crippen molar-refractivity contribution in [2.45, 2.75) is 31.2 Å². The molecular weight excluding hydrogens is 328 g/mol. The maximum Gasteiger partial charge on any atom is 0.153 e. The summed E-state index contributed by atoms with van der Waals surface area (Å²) in [7, 11) is 5.36. The lowest BCUT2D eigenvalue weighted by Crippen LogP contribution is -2.20. The summed E-state index contributed by atoms with van der Waals surface area (Å²) in [6.45, 7) is 1.16. The van der Waals surface area contributed by atoms with Gasteiger partial charge < -0.3 is 15.4 Å². The third-order valence-electron chi connectivity index (χ3n) is 4.96. The van der Waals surface area contributed by atoms with Gasteiger partial charge in [-0.15, -0.1) is 0 Å². The molecule has 1 aromatic carbocycles. The van der Waals surface area contributed by atoms with E-state index in [1.165, 1.54) is 24.8 Å². The van der Waals surface area contributed by atoms with Crippen molar-refractivity contribution in [3.05, 3.63) is 41.7 Å². The van der Waals surface area contributed by atoms with Crippen LogP contribution in [0, 0.1) is 5.92 Å². The number of hydrogen-bond donors (Lipinski definition) is 2. The van der Waals surface area contributed by atoms with Crippen molar-refractivity contribution in [2.24, 2.45) is 13.0 Å². The molecule has 0 bridgehead atoms. The molecule has 1 aromatic heterocycles. The maximum atomic E-state index is 11.0. The molecule has 6 nitrogen and oxygen atoms in total. The van der Waals surface area contributed by atoms with Gasteiger partial charge in [0.1, 0.15) is 5.75 Å². The first kappa shape index (κ1) is 18.5. The molecule has 140 valence electrons. The average molecular weight is 356 g/mol. The molecule has 2 atom stereocenters. The Bertz CT molecular complexity index is 739. The van der Waals surface area contributed by atoms with E-state index < -0.39 is 0 Å². The van der Waals surface area contributed by atoms with Crippen molar-refractivity contribution in [1.29, 1.82) is 0 Å². The molecule has 2 fully saturated rings. The summed E-state index contributed by atoms with van der Waals surface area (Å²) < 4.78 is 6.91. The van der Waals surface area contributed by atoms with Gasteiger partial charge in [-0.1, -0.05) is 6.07 Å². The topological polar surface area (TPSA) is 68.2 Å². The summed E-state index contributed by atoms with van der Waals surface area (Å²) in [5.74, 6) is 2.16. The van der Waals surface area contributed by atoms with E-state index in [4.69, 9.17) is 4.74 Å². The number of carbonyl (C=O) groups is 1. The average Bonchev–Trinajstić information content (AvgIpc) is 3.58. The first-order chi connectivity index (χ1) is 12.6. The van der Waals surface area contributed by atoms with E-state index in [1.54, 1.807) is 18.0 Å². The van der Waals surface area contributed by atoms with Crippen molar-refractivity contribution in [1.82, 2.24) is 15.1 Å². The van der Waals surface area contributed by atoms with E-state index in [9.17, 15) is 4.79 Å². The number of nitrogens with zero attached hydrogens (tertiary/aromatic N) is 2. The Morgan fingerprint density at radius 3 is 2.73 bits per heavy atom. The number of aryl methyl sites for hydroxylation is 1. The van der Waals surface area contributed by atoms with Gasteiger partial charge in [-0.25, -0.2) is 0 Å². The van der Waals surface area contributed by atoms with E-state index in [2.05, 4.69) is 21.8 Å². The lowest BCUT2D eigenvalue weighted by atomic mass is 10.1. The Morgan fingerprint density at radius 2 is 2.19 bits per heavy atom. The van der Waals surface area contributed by atoms with Gasteiger partial charge in [0.05, 0.1) is 24.6 Å². The van der Waals surface area contributed by atoms with E-state index in [0.717, 1.165) is 24.4 Å². The number of aromatic nitrogens is 2. The standard InChI is InChI=1S/C15H19NO2.C5H9N3/c1-18-15-5-4-11(6-12(15)9-17)13-7-14(13)16-8-10-2-3-10;1-6-5-3-7-8(2)4-5/h4-6,9-10,13-14,16H,2-3,7-8H2,1H3;3-4,6H,1-2H3. The molecule has 0 spiro atoms. The van der Waals surface area contributed by atoms with Crippen molar-refractivity contribution < 1.29 is 9.53 Å². The molecule has 0 aliphatic heterocycles. The van der Waals surface area contributed by atoms with Crippen LogP contribution in [-0.4, -0.2) is 42.8 Å². The van der Waals surface area contributed by atoms with Gasteiger partial charge in [-0.3, -0.25) is 9.48 Å². The van der Waals surface area contributed by atoms with Crippen LogP contribution in [0.3, 0.4) is 0 Å². The second kappa shape index (κ2) is 8.36. The molecule has 0 amide bonds. The Kier molecular flexibility index (Phi) is 5.93. The normalized spacial score (nSPS) is 20.7. The number of aldehydes is 1. The summed E-state index contributed by atoms with van der Waals surface area (Å²) in [6.07, 6.45) is 8.54. The lowest BCUT2D eigenvalue weighted by molar-refractivity contribution is 0.112. The zero-order valence-electron chi connectivity index (χ0n) is 15.7. The predicted molar refractivity (Wildman–Crippen MR) is 103 cm³/mol. The first-order valence-corrected chi connectivity index (χ1v) is 9.17. The van der Waals surface area contributed by atoms with Crippen LogP contribution in [0.2, 0.25) is 0 Å². The summed E-state index contributed by atoms with van der Waals surface area (Å²) >= 11 is 0. The molecule has 2 saturated carbocycles. The van der Waals surface area contributed by atoms with Crippen LogP contribution in [0.1, 0.15) is 41.1 Å². The van der Waals surface area contributed by atoms with Crippen LogP contribution in [0.5, 0.6) is 5.75 Å². The molecule has 1 heterocycles. The number of anilines is 1. The van der Waals surface area contributed by atoms with Gasteiger partial charge in [-0.2, -0.15) is 5.10 Å². The molecule has 2 aromatic rings. The molecule has 0 saturated heterocycles. The number of nitrogens with one attached hydrogen (secondary N) is 2. The Labute approximate surface area is 154 Å². The van der Waals surface area contributed by atoms with Gasteiger partial charge in [0.15, 0.2) is 6.29 Å². The number of methoxy groups -OCH3 is 1. The second-order valence-corrected chi connectivity index (χ2v) is 7.07. The fourth-order valence-corrected chi connectivity index (χ4v) is 3.05. The SMILES string of the molecule is CNc1cnn(C)c1.COc1ccc(C2CC2NCC2CC2)cc1C=O. The zero-order valence-corrected chi connectivity index (χ0v) is 15.7.